The Labute approximate surface area is 102 Å². The lowest BCUT2D eigenvalue weighted by Crippen LogP contribution is -2.40. The summed E-state index contributed by atoms with van der Waals surface area (Å²) in [6.45, 7) is 5.61. The van der Waals surface area contributed by atoms with Crippen molar-refractivity contribution in [2.45, 2.75) is 32.8 Å². The van der Waals surface area contributed by atoms with Crippen LogP contribution in [0.1, 0.15) is 36.2 Å². The summed E-state index contributed by atoms with van der Waals surface area (Å²) in [4.78, 5) is 11.9. The summed E-state index contributed by atoms with van der Waals surface area (Å²) in [5.74, 6) is -0.241. The Bertz CT molecular complexity index is 394. The number of carbonyl (C=O) groups is 1. The van der Waals surface area contributed by atoms with E-state index in [9.17, 15) is 9.90 Å². The van der Waals surface area contributed by atoms with Gasteiger partial charge in [0.25, 0.3) is 5.91 Å². The maximum Gasteiger partial charge on any atom is 0.253 e. The summed E-state index contributed by atoms with van der Waals surface area (Å²) < 4.78 is 0. The highest BCUT2D eigenvalue weighted by Crippen LogP contribution is 2.16. The summed E-state index contributed by atoms with van der Waals surface area (Å²) in [7, 11) is 0. The Balaban J connectivity index is 2.78. The number of hydrogen-bond donors (Lipinski definition) is 3. The minimum atomic E-state index is -0.882. The van der Waals surface area contributed by atoms with E-state index in [0.29, 0.717) is 17.7 Å². The molecule has 0 spiro atoms. The van der Waals surface area contributed by atoms with Crippen molar-refractivity contribution < 1.29 is 9.90 Å². The van der Waals surface area contributed by atoms with Gasteiger partial charge >= 0.3 is 0 Å². The molecule has 0 aliphatic carbocycles. The first-order valence-corrected chi connectivity index (χ1v) is 5.73. The lowest BCUT2D eigenvalue weighted by Gasteiger charge is -2.22. The fourth-order valence-electron chi connectivity index (χ4n) is 1.48. The van der Waals surface area contributed by atoms with Crippen LogP contribution in [-0.4, -0.2) is 23.2 Å². The van der Waals surface area contributed by atoms with Gasteiger partial charge in [-0.3, -0.25) is 4.79 Å². The molecule has 4 N–H and O–H groups in total. The number of benzene rings is 1. The summed E-state index contributed by atoms with van der Waals surface area (Å²) >= 11 is 0. The molecular weight excluding hydrogens is 216 g/mol. The van der Waals surface area contributed by atoms with Crippen molar-refractivity contribution in [3.05, 3.63) is 29.3 Å². The van der Waals surface area contributed by atoms with Gasteiger partial charge in [0.05, 0.1) is 11.2 Å². The number of aliphatic hydroxyl groups is 1. The average molecular weight is 236 g/mol. The normalized spacial score (nSPS) is 14.1. The van der Waals surface area contributed by atoms with E-state index < -0.39 is 5.60 Å². The molecule has 0 saturated carbocycles. The molecule has 0 aromatic heterocycles. The van der Waals surface area contributed by atoms with Crippen LogP contribution in [0, 0.1) is 6.92 Å². The third-order valence-corrected chi connectivity index (χ3v) is 2.92. The Morgan fingerprint density at radius 2 is 2.18 bits per heavy atom. The number of amides is 1. The molecule has 0 heterocycles. The molecule has 4 nitrogen and oxygen atoms in total. The van der Waals surface area contributed by atoms with Crippen LogP contribution in [0.15, 0.2) is 18.2 Å². The number of hydrogen-bond acceptors (Lipinski definition) is 3. The molecule has 0 fully saturated rings. The van der Waals surface area contributed by atoms with Crippen LogP contribution in [0.4, 0.5) is 5.69 Å². The van der Waals surface area contributed by atoms with Gasteiger partial charge < -0.3 is 16.2 Å². The first-order valence-electron chi connectivity index (χ1n) is 5.73. The molecule has 1 unspecified atom stereocenters. The van der Waals surface area contributed by atoms with E-state index in [4.69, 9.17) is 5.73 Å². The Morgan fingerprint density at radius 1 is 1.53 bits per heavy atom. The predicted molar refractivity (Wildman–Crippen MR) is 68.8 cm³/mol. The molecule has 1 atom stereocenters. The largest absolute Gasteiger partial charge is 0.398 e. The number of nitrogen functional groups attached to an aromatic ring is 1. The maximum absolute atomic E-state index is 11.9. The van der Waals surface area contributed by atoms with E-state index in [1.807, 2.05) is 26.0 Å². The molecule has 1 aromatic carbocycles. The number of nitrogens with one attached hydrogen (secondary N) is 1. The highest BCUT2D eigenvalue weighted by molar-refractivity contribution is 6.00. The molecule has 0 aliphatic heterocycles. The highest BCUT2D eigenvalue weighted by Gasteiger charge is 2.20. The van der Waals surface area contributed by atoms with Crippen LogP contribution < -0.4 is 11.1 Å². The van der Waals surface area contributed by atoms with Gasteiger partial charge in [0.15, 0.2) is 0 Å². The quantitative estimate of drug-likeness (QED) is 0.693. The molecule has 17 heavy (non-hydrogen) atoms. The van der Waals surface area contributed by atoms with Crippen molar-refractivity contribution in [2.75, 3.05) is 12.3 Å². The fraction of sp³-hybridized carbons (Fsp3) is 0.462. The van der Waals surface area contributed by atoms with Crippen LogP contribution >= 0.6 is 0 Å². The molecule has 1 rings (SSSR count). The number of anilines is 1. The van der Waals surface area contributed by atoms with Crippen molar-refractivity contribution in [1.29, 1.82) is 0 Å². The van der Waals surface area contributed by atoms with Crippen LogP contribution in [0.5, 0.6) is 0 Å². The lowest BCUT2D eigenvalue weighted by molar-refractivity contribution is 0.0518. The van der Waals surface area contributed by atoms with Gasteiger partial charge in [-0.15, -0.1) is 0 Å². The summed E-state index contributed by atoms with van der Waals surface area (Å²) in [5, 5.41) is 12.5. The smallest absolute Gasteiger partial charge is 0.253 e. The minimum Gasteiger partial charge on any atom is -0.398 e. The SMILES string of the molecule is CCC(C)(O)CNC(=O)c1c(C)cccc1N. The van der Waals surface area contributed by atoms with Crippen molar-refractivity contribution in [3.63, 3.8) is 0 Å². The van der Waals surface area contributed by atoms with Crippen molar-refractivity contribution in [1.82, 2.24) is 5.32 Å². The van der Waals surface area contributed by atoms with E-state index in [-0.39, 0.29) is 12.5 Å². The standard InChI is InChI=1S/C13H20N2O2/c1-4-13(3,17)8-15-12(16)11-9(2)6-5-7-10(11)14/h5-7,17H,4,8,14H2,1-3H3,(H,15,16). The van der Waals surface area contributed by atoms with E-state index in [0.717, 1.165) is 5.56 Å². The molecule has 94 valence electrons. The van der Waals surface area contributed by atoms with Crippen LogP contribution in [0.3, 0.4) is 0 Å². The first-order chi connectivity index (χ1) is 7.87. The lowest BCUT2D eigenvalue weighted by atomic mass is 10.0. The van der Waals surface area contributed by atoms with Gasteiger partial charge in [0.1, 0.15) is 0 Å². The average Bonchev–Trinajstić information content (AvgIpc) is 2.26. The second kappa shape index (κ2) is 5.19. The van der Waals surface area contributed by atoms with Crippen molar-refractivity contribution >= 4 is 11.6 Å². The number of carbonyl (C=O) groups excluding carboxylic acids is 1. The van der Waals surface area contributed by atoms with Crippen molar-refractivity contribution in [3.8, 4) is 0 Å². The predicted octanol–water partition coefficient (Wildman–Crippen LogP) is 1.47. The van der Waals surface area contributed by atoms with Gasteiger partial charge in [0.2, 0.25) is 0 Å². The van der Waals surface area contributed by atoms with Gasteiger partial charge in [-0.05, 0) is 31.9 Å². The Morgan fingerprint density at radius 3 is 2.71 bits per heavy atom. The highest BCUT2D eigenvalue weighted by atomic mass is 16.3. The topological polar surface area (TPSA) is 75.3 Å². The molecule has 0 bridgehead atoms. The van der Waals surface area contributed by atoms with Gasteiger partial charge in [-0.25, -0.2) is 0 Å². The second-order valence-electron chi connectivity index (χ2n) is 4.57. The number of rotatable bonds is 4. The summed E-state index contributed by atoms with van der Waals surface area (Å²) in [5.41, 5.74) is 6.66. The van der Waals surface area contributed by atoms with E-state index in [1.165, 1.54) is 0 Å². The summed E-state index contributed by atoms with van der Waals surface area (Å²) in [6.07, 6.45) is 0.580. The van der Waals surface area contributed by atoms with Gasteiger partial charge in [-0.2, -0.15) is 0 Å². The third kappa shape index (κ3) is 3.46. The summed E-state index contributed by atoms with van der Waals surface area (Å²) in [6, 6.07) is 5.34. The zero-order valence-corrected chi connectivity index (χ0v) is 10.6. The number of nitrogens with two attached hydrogens (primary N) is 1. The molecule has 0 radical (unpaired) electrons. The molecule has 1 amide bonds. The number of aryl methyl sites for hydroxylation is 1. The van der Waals surface area contributed by atoms with E-state index in [2.05, 4.69) is 5.32 Å². The molecular formula is C13H20N2O2. The van der Waals surface area contributed by atoms with E-state index in [1.54, 1.807) is 13.0 Å². The maximum atomic E-state index is 11.9. The molecule has 0 aliphatic rings. The monoisotopic (exact) mass is 236 g/mol. The van der Waals surface area contributed by atoms with Crippen LogP contribution in [0.2, 0.25) is 0 Å². The van der Waals surface area contributed by atoms with Gasteiger partial charge in [-0.1, -0.05) is 19.1 Å². The molecule has 4 heteroatoms. The van der Waals surface area contributed by atoms with Crippen LogP contribution in [0.25, 0.3) is 0 Å². The fourth-order valence-corrected chi connectivity index (χ4v) is 1.48. The molecule has 0 saturated heterocycles. The minimum absolute atomic E-state index is 0.218. The first kappa shape index (κ1) is 13.5. The Kier molecular flexibility index (Phi) is 4.12. The van der Waals surface area contributed by atoms with Crippen molar-refractivity contribution in [2.24, 2.45) is 0 Å². The van der Waals surface area contributed by atoms with Crippen LogP contribution in [-0.2, 0) is 0 Å². The Hall–Kier alpha value is -1.55. The zero-order chi connectivity index (χ0) is 13.1. The molecule has 1 aromatic rings. The zero-order valence-electron chi connectivity index (χ0n) is 10.6. The van der Waals surface area contributed by atoms with E-state index >= 15 is 0 Å². The third-order valence-electron chi connectivity index (χ3n) is 2.92. The second-order valence-corrected chi connectivity index (χ2v) is 4.57. The van der Waals surface area contributed by atoms with Gasteiger partial charge in [0, 0.05) is 12.2 Å².